The van der Waals surface area contributed by atoms with E-state index >= 15 is 0 Å². The van der Waals surface area contributed by atoms with Gasteiger partial charge >= 0.3 is 6.03 Å². The second-order valence-corrected chi connectivity index (χ2v) is 6.89. The average Bonchev–Trinajstić information content (AvgIpc) is 3.40. The molecule has 0 saturated carbocycles. The molecule has 2 aromatic carbocycles. The zero-order valence-corrected chi connectivity index (χ0v) is 16.4. The van der Waals surface area contributed by atoms with Crippen molar-refractivity contribution in [3.05, 3.63) is 77.6 Å². The Bertz CT molecular complexity index is 971. The fraction of sp³-hybridized carbons (Fsp3) is 0.273. The second kappa shape index (κ2) is 8.68. The number of nitrogens with zero attached hydrogens (tertiary/aromatic N) is 3. The van der Waals surface area contributed by atoms with Crippen molar-refractivity contribution in [2.24, 2.45) is 0 Å². The molecular formula is C22H24N4O3. The first-order valence-corrected chi connectivity index (χ1v) is 9.68. The molecule has 0 saturated heterocycles. The number of amides is 2. The summed E-state index contributed by atoms with van der Waals surface area (Å²) in [7, 11) is 0. The quantitative estimate of drug-likeness (QED) is 0.669. The number of rotatable bonds is 7. The summed E-state index contributed by atoms with van der Waals surface area (Å²) in [4.78, 5) is 14.4. The highest BCUT2D eigenvalue weighted by atomic mass is 16.7. The molecule has 0 bridgehead atoms. The molecule has 3 aromatic rings. The van der Waals surface area contributed by atoms with Gasteiger partial charge in [-0.15, -0.1) is 0 Å². The summed E-state index contributed by atoms with van der Waals surface area (Å²) in [5, 5.41) is 7.36. The minimum Gasteiger partial charge on any atom is -0.454 e. The zero-order chi connectivity index (χ0) is 20.1. The van der Waals surface area contributed by atoms with Gasteiger partial charge in [0.05, 0.1) is 12.7 Å². The Hall–Kier alpha value is -3.48. The van der Waals surface area contributed by atoms with E-state index in [4.69, 9.17) is 9.47 Å². The van der Waals surface area contributed by atoms with Crippen LogP contribution >= 0.6 is 0 Å². The topological polar surface area (TPSA) is 68.6 Å². The van der Waals surface area contributed by atoms with Crippen LogP contribution in [0.15, 0.2) is 60.9 Å². The van der Waals surface area contributed by atoms with Gasteiger partial charge in [0.1, 0.15) is 0 Å². The maximum Gasteiger partial charge on any atom is 0.317 e. The number of hydrogen-bond acceptors (Lipinski definition) is 4. The van der Waals surface area contributed by atoms with Crippen LogP contribution in [-0.2, 0) is 19.6 Å². The highest BCUT2D eigenvalue weighted by Crippen LogP contribution is 2.32. The minimum absolute atomic E-state index is 0.110. The SMILES string of the molecule is CCN(Cc1ccc2c(c1)OCO2)C(=O)NCc1cnn(Cc2ccccc2)c1. The number of aromatic nitrogens is 2. The van der Waals surface area contributed by atoms with Gasteiger partial charge < -0.3 is 19.7 Å². The summed E-state index contributed by atoms with van der Waals surface area (Å²) in [6, 6.07) is 15.8. The molecule has 7 nitrogen and oxygen atoms in total. The van der Waals surface area contributed by atoms with Gasteiger partial charge in [-0.05, 0) is 30.2 Å². The van der Waals surface area contributed by atoms with Crippen molar-refractivity contribution >= 4 is 6.03 Å². The Morgan fingerprint density at radius 1 is 1.10 bits per heavy atom. The maximum atomic E-state index is 12.6. The van der Waals surface area contributed by atoms with Crippen LogP contribution in [0, 0.1) is 0 Å². The molecule has 2 amide bonds. The smallest absolute Gasteiger partial charge is 0.317 e. The predicted molar refractivity (Wildman–Crippen MR) is 109 cm³/mol. The standard InChI is InChI=1S/C22H24N4O3/c1-2-25(13-18-8-9-20-21(10-18)29-16-28-20)22(27)23-11-19-12-24-26(15-19)14-17-6-4-3-5-7-17/h3-10,12,15H,2,11,13-14,16H2,1H3,(H,23,27). The van der Waals surface area contributed by atoms with E-state index in [2.05, 4.69) is 22.5 Å². The third-order valence-electron chi connectivity index (χ3n) is 4.80. The van der Waals surface area contributed by atoms with Crippen LogP contribution in [0.1, 0.15) is 23.6 Å². The Labute approximate surface area is 169 Å². The molecule has 0 unspecified atom stereocenters. The Morgan fingerprint density at radius 3 is 2.76 bits per heavy atom. The molecule has 0 fully saturated rings. The average molecular weight is 392 g/mol. The van der Waals surface area contributed by atoms with Crippen molar-refractivity contribution < 1.29 is 14.3 Å². The van der Waals surface area contributed by atoms with Crippen molar-refractivity contribution in [3.63, 3.8) is 0 Å². The molecule has 1 N–H and O–H groups in total. The van der Waals surface area contributed by atoms with Gasteiger partial charge in [-0.1, -0.05) is 36.4 Å². The van der Waals surface area contributed by atoms with Gasteiger partial charge in [0.25, 0.3) is 0 Å². The lowest BCUT2D eigenvalue weighted by Crippen LogP contribution is -2.38. The number of benzene rings is 2. The van der Waals surface area contributed by atoms with E-state index in [9.17, 15) is 4.79 Å². The van der Waals surface area contributed by atoms with E-state index in [1.54, 1.807) is 11.1 Å². The van der Waals surface area contributed by atoms with Gasteiger partial charge in [0.15, 0.2) is 11.5 Å². The molecule has 0 aliphatic carbocycles. The van der Waals surface area contributed by atoms with Crippen molar-refractivity contribution in [1.29, 1.82) is 0 Å². The van der Waals surface area contributed by atoms with Crippen LogP contribution in [0.4, 0.5) is 4.79 Å². The van der Waals surface area contributed by atoms with Crippen LogP contribution in [-0.4, -0.2) is 34.0 Å². The van der Waals surface area contributed by atoms with Gasteiger partial charge in [-0.3, -0.25) is 4.68 Å². The van der Waals surface area contributed by atoms with E-state index in [0.717, 1.165) is 22.6 Å². The monoisotopic (exact) mass is 392 g/mol. The summed E-state index contributed by atoms with van der Waals surface area (Å²) in [5.41, 5.74) is 3.16. The molecule has 150 valence electrons. The fourth-order valence-electron chi connectivity index (χ4n) is 3.23. The second-order valence-electron chi connectivity index (χ2n) is 6.89. The molecule has 0 atom stereocenters. The molecule has 2 heterocycles. The van der Waals surface area contributed by atoms with E-state index in [1.807, 2.05) is 54.2 Å². The van der Waals surface area contributed by atoms with Crippen LogP contribution < -0.4 is 14.8 Å². The molecule has 0 radical (unpaired) electrons. The molecule has 1 aliphatic heterocycles. The van der Waals surface area contributed by atoms with Crippen LogP contribution in [0.5, 0.6) is 11.5 Å². The zero-order valence-electron chi connectivity index (χ0n) is 16.4. The van der Waals surface area contributed by atoms with Crippen LogP contribution in [0.3, 0.4) is 0 Å². The van der Waals surface area contributed by atoms with Gasteiger partial charge in [-0.2, -0.15) is 5.10 Å². The van der Waals surface area contributed by atoms with Gasteiger partial charge in [0, 0.05) is 31.4 Å². The minimum atomic E-state index is -0.110. The van der Waals surface area contributed by atoms with Crippen molar-refractivity contribution in [1.82, 2.24) is 20.0 Å². The largest absolute Gasteiger partial charge is 0.454 e. The first-order chi connectivity index (χ1) is 14.2. The van der Waals surface area contributed by atoms with Gasteiger partial charge in [-0.25, -0.2) is 4.79 Å². The summed E-state index contributed by atoms with van der Waals surface area (Å²) in [5.74, 6) is 1.47. The summed E-state index contributed by atoms with van der Waals surface area (Å²) < 4.78 is 12.6. The number of nitrogens with one attached hydrogen (secondary N) is 1. The molecular weight excluding hydrogens is 368 g/mol. The Balaban J connectivity index is 1.31. The third-order valence-corrected chi connectivity index (χ3v) is 4.80. The molecule has 1 aliphatic rings. The molecule has 0 spiro atoms. The van der Waals surface area contributed by atoms with E-state index < -0.39 is 0 Å². The number of ether oxygens (including phenoxy) is 2. The normalized spacial score (nSPS) is 12.0. The lowest BCUT2D eigenvalue weighted by atomic mass is 10.2. The lowest BCUT2D eigenvalue weighted by Gasteiger charge is -2.21. The van der Waals surface area contributed by atoms with Crippen LogP contribution in [0.2, 0.25) is 0 Å². The van der Waals surface area contributed by atoms with Crippen molar-refractivity contribution in [3.8, 4) is 11.5 Å². The summed E-state index contributed by atoms with van der Waals surface area (Å²) >= 11 is 0. The molecule has 29 heavy (non-hydrogen) atoms. The number of carbonyl (C=O) groups is 1. The molecule has 4 rings (SSSR count). The number of carbonyl (C=O) groups excluding carboxylic acids is 1. The number of fused-ring (bicyclic) bond motifs is 1. The molecule has 1 aromatic heterocycles. The third kappa shape index (κ3) is 4.68. The summed E-state index contributed by atoms with van der Waals surface area (Å²) in [6.07, 6.45) is 3.75. The number of urea groups is 1. The predicted octanol–water partition coefficient (Wildman–Crippen LogP) is 3.39. The highest BCUT2D eigenvalue weighted by Gasteiger charge is 2.16. The van der Waals surface area contributed by atoms with Crippen molar-refractivity contribution in [2.45, 2.75) is 26.6 Å². The van der Waals surface area contributed by atoms with E-state index in [-0.39, 0.29) is 12.8 Å². The highest BCUT2D eigenvalue weighted by molar-refractivity contribution is 5.74. The maximum absolute atomic E-state index is 12.6. The Kier molecular flexibility index (Phi) is 5.65. The first kappa shape index (κ1) is 18.9. The van der Waals surface area contributed by atoms with Crippen LogP contribution in [0.25, 0.3) is 0 Å². The van der Waals surface area contributed by atoms with E-state index in [0.29, 0.717) is 26.2 Å². The first-order valence-electron chi connectivity index (χ1n) is 9.68. The lowest BCUT2D eigenvalue weighted by molar-refractivity contribution is 0.173. The van der Waals surface area contributed by atoms with Crippen molar-refractivity contribution in [2.75, 3.05) is 13.3 Å². The van der Waals surface area contributed by atoms with E-state index in [1.165, 1.54) is 5.56 Å². The van der Waals surface area contributed by atoms with Gasteiger partial charge in [0.2, 0.25) is 6.79 Å². The Morgan fingerprint density at radius 2 is 1.93 bits per heavy atom. The fourth-order valence-corrected chi connectivity index (χ4v) is 3.23. The number of hydrogen-bond donors (Lipinski definition) is 1. The summed E-state index contributed by atoms with van der Waals surface area (Å²) in [6.45, 7) is 4.46. The molecule has 7 heteroatoms.